The lowest BCUT2D eigenvalue weighted by molar-refractivity contribution is -0.385. The molecular weight excluding hydrogens is 366 g/mol. The van der Waals surface area contributed by atoms with E-state index in [1.165, 1.54) is 43.7 Å². The second kappa shape index (κ2) is 8.67. The molecule has 0 aliphatic carbocycles. The van der Waals surface area contributed by atoms with Crippen molar-refractivity contribution >= 4 is 29.4 Å². The van der Waals surface area contributed by atoms with Crippen molar-refractivity contribution in [3.05, 3.63) is 57.1 Å². The fraction of sp³-hybridized carbons (Fsp3) is 0.125. The van der Waals surface area contributed by atoms with Gasteiger partial charge in [0.2, 0.25) is 0 Å². The van der Waals surface area contributed by atoms with Crippen LogP contribution in [0.15, 0.2) is 41.5 Å². The van der Waals surface area contributed by atoms with Gasteiger partial charge in [0.25, 0.3) is 5.91 Å². The van der Waals surface area contributed by atoms with E-state index in [1.807, 2.05) is 0 Å². The molecule has 26 heavy (non-hydrogen) atoms. The Labute approximate surface area is 153 Å². The number of hydrogen-bond acceptors (Lipinski definition) is 7. The number of phenolic OH excluding ortho intramolecular Hbond substituents is 1. The third kappa shape index (κ3) is 4.84. The minimum Gasteiger partial charge on any atom is -0.504 e. The molecule has 0 fully saturated rings. The van der Waals surface area contributed by atoms with Gasteiger partial charge in [0.1, 0.15) is 0 Å². The molecule has 0 radical (unpaired) electrons. The maximum atomic E-state index is 11.7. The Morgan fingerprint density at radius 2 is 2.12 bits per heavy atom. The van der Waals surface area contributed by atoms with Crippen molar-refractivity contribution in [2.24, 2.45) is 5.10 Å². The number of methoxy groups -OCH3 is 1. The van der Waals surface area contributed by atoms with Crippen LogP contribution in [-0.4, -0.2) is 35.9 Å². The highest BCUT2D eigenvalue weighted by molar-refractivity contribution is 6.31. The number of nitro benzene ring substituents is 1. The van der Waals surface area contributed by atoms with E-state index in [9.17, 15) is 20.0 Å². The summed E-state index contributed by atoms with van der Waals surface area (Å²) in [5.41, 5.74) is 2.16. The molecule has 0 bridgehead atoms. The Hall–Kier alpha value is -3.33. The van der Waals surface area contributed by atoms with Crippen LogP contribution in [0.1, 0.15) is 5.56 Å². The van der Waals surface area contributed by atoms with Crippen molar-refractivity contribution in [2.75, 3.05) is 13.7 Å². The van der Waals surface area contributed by atoms with Crippen molar-refractivity contribution in [2.45, 2.75) is 0 Å². The highest BCUT2D eigenvalue weighted by Crippen LogP contribution is 2.32. The number of nitrogens with one attached hydrogen (secondary N) is 1. The molecule has 0 heterocycles. The highest BCUT2D eigenvalue weighted by Gasteiger charge is 2.14. The van der Waals surface area contributed by atoms with Crippen LogP contribution in [0.3, 0.4) is 0 Å². The average molecular weight is 380 g/mol. The molecule has 10 heteroatoms. The maximum absolute atomic E-state index is 11.7. The Morgan fingerprint density at radius 3 is 2.81 bits per heavy atom. The second-order valence-electron chi connectivity index (χ2n) is 4.85. The summed E-state index contributed by atoms with van der Waals surface area (Å²) in [5, 5.41) is 24.8. The van der Waals surface area contributed by atoms with Crippen molar-refractivity contribution in [1.82, 2.24) is 5.43 Å². The number of carbonyl (C=O) groups excluding carboxylic acids is 1. The quantitative estimate of drug-likeness (QED) is 0.432. The smallest absolute Gasteiger partial charge is 0.310 e. The normalized spacial score (nSPS) is 10.5. The zero-order chi connectivity index (χ0) is 19.1. The summed E-state index contributed by atoms with van der Waals surface area (Å²) in [6.07, 6.45) is 1.17. The molecular formula is C16H14ClN3O6. The van der Waals surface area contributed by atoms with Gasteiger partial charge in [-0.1, -0.05) is 23.7 Å². The van der Waals surface area contributed by atoms with Crippen LogP contribution in [0.5, 0.6) is 17.2 Å². The summed E-state index contributed by atoms with van der Waals surface area (Å²) in [6, 6.07) is 8.53. The number of nitro groups is 1. The summed E-state index contributed by atoms with van der Waals surface area (Å²) >= 11 is 5.88. The van der Waals surface area contributed by atoms with Gasteiger partial charge in [0.05, 0.1) is 18.2 Å². The summed E-state index contributed by atoms with van der Waals surface area (Å²) in [7, 11) is 1.37. The van der Waals surface area contributed by atoms with Gasteiger partial charge in [-0.3, -0.25) is 14.9 Å². The van der Waals surface area contributed by atoms with E-state index in [2.05, 4.69) is 10.5 Å². The molecule has 2 aromatic carbocycles. The van der Waals surface area contributed by atoms with E-state index in [0.717, 1.165) is 0 Å². The van der Waals surface area contributed by atoms with E-state index >= 15 is 0 Å². The molecule has 0 aliphatic rings. The third-order valence-electron chi connectivity index (χ3n) is 3.10. The first kappa shape index (κ1) is 19.0. The van der Waals surface area contributed by atoms with Gasteiger partial charge in [0, 0.05) is 22.7 Å². The molecule has 0 aliphatic heterocycles. The zero-order valence-electron chi connectivity index (χ0n) is 13.5. The largest absolute Gasteiger partial charge is 0.504 e. The Morgan fingerprint density at radius 1 is 1.38 bits per heavy atom. The fourth-order valence-corrected chi connectivity index (χ4v) is 2.14. The summed E-state index contributed by atoms with van der Waals surface area (Å²) in [4.78, 5) is 22.0. The molecule has 2 rings (SSSR count). The number of hydrazone groups is 1. The number of benzene rings is 2. The highest BCUT2D eigenvalue weighted by atomic mass is 35.5. The SMILES string of the molecule is COc1cc(Cl)cc(/C=N\NC(=O)COc2ccccc2[N+](=O)[O-])c1O. The van der Waals surface area contributed by atoms with Crippen LogP contribution in [0.4, 0.5) is 5.69 Å². The number of carbonyl (C=O) groups is 1. The van der Waals surface area contributed by atoms with Gasteiger partial charge in [-0.15, -0.1) is 0 Å². The van der Waals surface area contributed by atoms with Gasteiger partial charge in [-0.25, -0.2) is 5.43 Å². The van der Waals surface area contributed by atoms with Gasteiger partial charge >= 0.3 is 5.69 Å². The average Bonchev–Trinajstić information content (AvgIpc) is 2.62. The molecule has 136 valence electrons. The Kier molecular flexibility index (Phi) is 6.34. The van der Waals surface area contributed by atoms with Crippen LogP contribution in [0.2, 0.25) is 5.02 Å². The second-order valence-corrected chi connectivity index (χ2v) is 5.29. The first-order valence-electron chi connectivity index (χ1n) is 7.17. The molecule has 1 amide bonds. The molecule has 2 N–H and O–H groups in total. The van der Waals surface area contributed by atoms with Crippen molar-refractivity contribution in [3.8, 4) is 17.2 Å². The molecule has 0 saturated heterocycles. The molecule has 0 saturated carbocycles. The minimum atomic E-state index is -0.645. The van der Waals surface area contributed by atoms with E-state index in [1.54, 1.807) is 6.07 Å². The number of aromatic hydroxyl groups is 1. The maximum Gasteiger partial charge on any atom is 0.310 e. The lowest BCUT2D eigenvalue weighted by Crippen LogP contribution is -2.24. The van der Waals surface area contributed by atoms with E-state index in [4.69, 9.17) is 21.1 Å². The standard InChI is InChI=1S/C16H14ClN3O6/c1-25-14-7-11(17)6-10(16(14)22)8-18-19-15(21)9-26-13-5-3-2-4-12(13)20(23)24/h2-8,22H,9H2,1H3,(H,19,21)/b18-8-. The monoisotopic (exact) mass is 379 g/mol. The van der Waals surface area contributed by atoms with Gasteiger partial charge in [-0.05, 0) is 12.1 Å². The van der Waals surface area contributed by atoms with Crippen LogP contribution in [0.25, 0.3) is 0 Å². The number of nitrogens with zero attached hydrogens (tertiary/aromatic N) is 2. The molecule has 0 spiro atoms. The predicted molar refractivity (Wildman–Crippen MR) is 94.0 cm³/mol. The van der Waals surface area contributed by atoms with Crippen LogP contribution in [0, 0.1) is 10.1 Å². The lowest BCUT2D eigenvalue weighted by Gasteiger charge is -2.07. The summed E-state index contributed by atoms with van der Waals surface area (Å²) < 4.78 is 10.1. The van der Waals surface area contributed by atoms with Crippen molar-refractivity contribution in [3.63, 3.8) is 0 Å². The molecule has 2 aromatic rings. The summed E-state index contributed by atoms with van der Waals surface area (Å²) in [5.74, 6) is -0.710. The van der Waals surface area contributed by atoms with E-state index in [0.29, 0.717) is 5.02 Å². The fourth-order valence-electron chi connectivity index (χ4n) is 1.93. The number of rotatable bonds is 7. The van der Waals surface area contributed by atoms with Crippen LogP contribution in [-0.2, 0) is 4.79 Å². The number of hydrogen-bond donors (Lipinski definition) is 2. The van der Waals surface area contributed by atoms with E-state index in [-0.39, 0.29) is 28.5 Å². The lowest BCUT2D eigenvalue weighted by atomic mass is 10.2. The van der Waals surface area contributed by atoms with Crippen molar-refractivity contribution < 1.29 is 24.3 Å². The Balaban J connectivity index is 1.97. The number of halogens is 1. The van der Waals surface area contributed by atoms with Gasteiger partial charge in [-0.2, -0.15) is 5.10 Å². The molecule has 9 nitrogen and oxygen atoms in total. The van der Waals surface area contributed by atoms with Gasteiger partial charge in [0.15, 0.2) is 23.9 Å². The topological polar surface area (TPSA) is 123 Å². The first-order chi connectivity index (χ1) is 12.4. The van der Waals surface area contributed by atoms with E-state index < -0.39 is 17.4 Å². The number of ether oxygens (including phenoxy) is 2. The number of phenols is 1. The van der Waals surface area contributed by atoms with Crippen LogP contribution < -0.4 is 14.9 Å². The number of amides is 1. The minimum absolute atomic E-state index is 0.0335. The zero-order valence-corrected chi connectivity index (χ0v) is 14.3. The third-order valence-corrected chi connectivity index (χ3v) is 3.32. The van der Waals surface area contributed by atoms with Crippen LogP contribution >= 0.6 is 11.6 Å². The predicted octanol–water partition coefficient (Wildman–Crippen LogP) is 2.49. The summed E-state index contributed by atoms with van der Waals surface area (Å²) in [6.45, 7) is -0.479. The first-order valence-corrected chi connectivity index (χ1v) is 7.54. The molecule has 0 unspecified atom stereocenters. The van der Waals surface area contributed by atoms with Crippen molar-refractivity contribution in [1.29, 1.82) is 0 Å². The van der Waals surface area contributed by atoms with Gasteiger partial charge < -0.3 is 14.6 Å². The molecule has 0 aromatic heterocycles. The molecule has 0 atom stereocenters. The Bertz CT molecular complexity index is 856. The number of para-hydroxylation sites is 2.